The number of aliphatic imine (C=N–C) groups is 1. The van der Waals surface area contributed by atoms with Gasteiger partial charge in [-0.2, -0.15) is 0 Å². The van der Waals surface area contributed by atoms with Crippen LogP contribution >= 0.6 is 0 Å². The molecule has 0 amide bonds. The summed E-state index contributed by atoms with van der Waals surface area (Å²) in [5.41, 5.74) is 3.84. The molecule has 0 N–H and O–H groups in total. The summed E-state index contributed by atoms with van der Waals surface area (Å²) in [5, 5.41) is 0. The number of hydrogen-bond donors (Lipinski definition) is 0. The third-order valence-electron chi connectivity index (χ3n) is 4.83. The average molecular weight is 201 g/mol. The van der Waals surface area contributed by atoms with Crippen LogP contribution in [0, 0.1) is 10.8 Å². The van der Waals surface area contributed by atoms with Crippen LogP contribution in [-0.4, -0.2) is 5.71 Å². The lowest BCUT2D eigenvalue weighted by Crippen LogP contribution is -2.25. The molecule has 0 spiro atoms. The highest BCUT2D eigenvalue weighted by Crippen LogP contribution is 2.63. The van der Waals surface area contributed by atoms with Gasteiger partial charge in [0, 0.05) is 23.7 Å². The summed E-state index contributed by atoms with van der Waals surface area (Å²) < 4.78 is 0. The molecule has 1 heterocycles. The monoisotopic (exact) mass is 201 g/mol. The van der Waals surface area contributed by atoms with Gasteiger partial charge in [-0.1, -0.05) is 6.08 Å². The Morgan fingerprint density at radius 1 is 1.33 bits per heavy atom. The fourth-order valence-electron chi connectivity index (χ4n) is 3.79. The van der Waals surface area contributed by atoms with Gasteiger partial charge in [0.15, 0.2) is 0 Å². The molecule has 2 saturated carbocycles. The first-order chi connectivity index (χ1) is 7.18. The summed E-state index contributed by atoms with van der Waals surface area (Å²) in [6, 6.07) is 0. The molecular formula is C14H19N. The Labute approximate surface area is 92.0 Å². The van der Waals surface area contributed by atoms with Crippen LogP contribution in [0.25, 0.3) is 0 Å². The van der Waals surface area contributed by atoms with Crippen LogP contribution in [0.4, 0.5) is 0 Å². The van der Waals surface area contributed by atoms with E-state index in [2.05, 4.69) is 30.8 Å². The summed E-state index contributed by atoms with van der Waals surface area (Å²) in [6.07, 6.45) is 12.1. The van der Waals surface area contributed by atoms with Crippen LogP contribution in [0.1, 0.15) is 45.4 Å². The second kappa shape index (κ2) is 2.84. The highest BCUT2D eigenvalue weighted by Gasteiger charge is 2.55. The van der Waals surface area contributed by atoms with Crippen LogP contribution in [-0.2, 0) is 0 Å². The lowest BCUT2D eigenvalue weighted by molar-refractivity contribution is 0.368. The van der Waals surface area contributed by atoms with E-state index in [0.29, 0.717) is 10.8 Å². The van der Waals surface area contributed by atoms with Gasteiger partial charge in [0.05, 0.1) is 0 Å². The molecule has 2 aliphatic carbocycles. The van der Waals surface area contributed by atoms with Crippen LogP contribution in [0.2, 0.25) is 0 Å². The fraction of sp³-hybridized carbons (Fsp3) is 0.643. The maximum Gasteiger partial charge on any atom is 0.0282 e. The molecule has 2 fully saturated rings. The number of fused-ring (bicyclic) bond motifs is 2. The van der Waals surface area contributed by atoms with Gasteiger partial charge in [-0.05, 0) is 50.0 Å². The second-order valence-electron chi connectivity index (χ2n) is 5.75. The number of rotatable bonds is 2. The molecule has 3 aliphatic rings. The topological polar surface area (TPSA) is 12.4 Å². The maximum absolute atomic E-state index is 4.65. The summed E-state index contributed by atoms with van der Waals surface area (Å²) in [6.45, 7) is 6.22. The van der Waals surface area contributed by atoms with E-state index in [1.54, 1.807) is 0 Å². The van der Waals surface area contributed by atoms with Crippen LogP contribution < -0.4 is 0 Å². The summed E-state index contributed by atoms with van der Waals surface area (Å²) >= 11 is 0. The van der Waals surface area contributed by atoms with Gasteiger partial charge in [0.1, 0.15) is 0 Å². The minimum Gasteiger partial charge on any atom is -0.265 e. The normalized spacial score (nSPS) is 43.0. The molecule has 3 rings (SSSR count). The molecule has 80 valence electrons. The molecule has 0 atom stereocenters. The lowest BCUT2D eigenvalue weighted by atomic mass is 9.78. The van der Waals surface area contributed by atoms with Crippen molar-refractivity contribution in [3.63, 3.8) is 0 Å². The first-order valence-corrected chi connectivity index (χ1v) is 6.05. The molecule has 0 saturated heterocycles. The first-order valence-electron chi connectivity index (χ1n) is 6.05. The van der Waals surface area contributed by atoms with E-state index in [-0.39, 0.29) is 0 Å². The van der Waals surface area contributed by atoms with Crippen molar-refractivity contribution in [2.45, 2.75) is 45.4 Å². The van der Waals surface area contributed by atoms with Gasteiger partial charge in [0.2, 0.25) is 0 Å². The largest absolute Gasteiger partial charge is 0.265 e. The molecule has 0 aromatic rings. The van der Waals surface area contributed by atoms with E-state index < -0.39 is 0 Å². The van der Waals surface area contributed by atoms with E-state index in [9.17, 15) is 0 Å². The Morgan fingerprint density at radius 2 is 2.07 bits per heavy atom. The van der Waals surface area contributed by atoms with E-state index in [1.807, 2.05) is 0 Å². The Hall–Kier alpha value is -0.850. The molecule has 15 heavy (non-hydrogen) atoms. The molecule has 1 nitrogen and oxygen atoms in total. The standard InChI is InChI=1S/C14H19N/c1-3-13-4-6-14(10-13,7-5-13)12-8-11(2)9-15-12/h3,9H,1,4-8,10H2,2H3. The van der Waals surface area contributed by atoms with Crippen molar-refractivity contribution in [2.75, 3.05) is 0 Å². The van der Waals surface area contributed by atoms with E-state index in [0.717, 1.165) is 6.42 Å². The Bertz CT molecular complexity index is 365. The number of allylic oxidation sites excluding steroid dienone is 2. The minimum atomic E-state index is 0.461. The molecule has 0 aromatic heterocycles. The number of hydrogen-bond acceptors (Lipinski definition) is 1. The summed E-state index contributed by atoms with van der Waals surface area (Å²) in [4.78, 5) is 4.65. The van der Waals surface area contributed by atoms with Crippen LogP contribution in [0.15, 0.2) is 29.4 Å². The van der Waals surface area contributed by atoms with E-state index in [4.69, 9.17) is 0 Å². The molecule has 2 bridgehead atoms. The van der Waals surface area contributed by atoms with Crippen molar-refractivity contribution in [3.05, 3.63) is 24.4 Å². The quantitative estimate of drug-likeness (QED) is 0.601. The van der Waals surface area contributed by atoms with Gasteiger partial charge in [-0.3, -0.25) is 4.99 Å². The van der Waals surface area contributed by atoms with Crippen LogP contribution in [0.3, 0.4) is 0 Å². The third kappa shape index (κ3) is 1.18. The van der Waals surface area contributed by atoms with Crippen molar-refractivity contribution < 1.29 is 0 Å². The average Bonchev–Trinajstić information content (AvgIpc) is 2.91. The minimum absolute atomic E-state index is 0.461. The molecular weight excluding hydrogens is 182 g/mol. The molecule has 0 radical (unpaired) electrons. The smallest absolute Gasteiger partial charge is 0.0282 e. The van der Waals surface area contributed by atoms with Gasteiger partial charge in [-0.15, -0.1) is 6.58 Å². The predicted molar refractivity (Wildman–Crippen MR) is 64.0 cm³/mol. The molecule has 0 aromatic carbocycles. The summed E-state index contributed by atoms with van der Waals surface area (Å²) in [7, 11) is 0. The van der Waals surface area contributed by atoms with Crippen molar-refractivity contribution >= 4 is 5.71 Å². The highest BCUT2D eigenvalue weighted by molar-refractivity contribution is 5.95. The van der Waals surface area contributed by atoms with Crippen LogP contribution in [0.5, 0.6) is 0 Å². The zero-order valence-electron chi connectivity index (χ0n) is 9.55. The van der Waals surface area contributed by atoms with Crippen molar-refractivity contribution in [1.82, 2.24) is 0 Å². The fourth-order valence-corrected chi connectivity index (χ4v) is 3.79. The predicted octanol–water partition coefficient (Wildman–Crippen LogP) is 3.87. The van der Waals surface area contributed by atoms with E-state index in [1.165, 1.54) is 43.4 Å². The van der Waals surface area contributed by atoms with E-state index >= 15 is 0 Å². The molecule has 0 unspecified atom stereocenters. The molecule has 1 aliphatic heterocycles. The van der Waals surface area contributed by atoms with Crippen molar-refractivity contribution in [1.29, 1.82) is 0 Å². The van der Waals surface area contributed by atoms with Crippen molar-refractivity contribution in [3.8, 4) is 0 Å². The summed E-state index contributed by atoms with van der Waals surface area (Å²) in [5.74, 6) is 0. The number of nitrogens with zero attached hydrogens (tertiary/aromatic N) is 1. The second-order valence-corrected chi connectivity index (χ2v) is 5.75. The van der Waals surface area contributed by atoms with Gasteiger partial charge >= 0.3 is 0 Å². The zero-order valence-corrected chi connectivity index (χ0v) is 9.55. The first kappa shape index (κ1) is 9.38. The molecule has 1 heteroatoms. The third-order valence-corrected chi connectivity index (χ3v) is 4.83. The Kier molecular flexibility index (Phi) is 1.78. The Morgan fingerprint density at radius 3 is 2.53 bits per heavy atom. The van der Waals surface area contributed by atoms with Gasteiger partial charge < -0.3 is 0 Å². The Balaban J connectivity index is 1.87. The van der Waals surface area contributed by atoms with Crippen molar-refractivity contribution in [2.24, 2.45) is 15.8 Å². The maximum atomic E-state index is 4.65. The highest BCUT2D eigenvalue weighted by atomic mass is 14.8. The SMILES string of the molecule is C=CC12CCC(C3=NC=C(C)C3)(CC1)C2. The van der Waals surface area contributed by atoms with Gasteiger partial charge in [-0.25, -0.2) is 0 Å². The van der Waals surface area contributed by atoms with Gasteiger partial charge in [0.25, 0.3) is 0 Å². The lowest BCUT2D eigenvalue weighted by Gasteiger charge is -2.27. The zero-order chi connectivity index (χ0) is 10.5.